The van der Waals surface area contributed by atoms with Crippen molar-refractivity contribution in [2.24, 2.45) is 4.99 Å². The summed E-state index contributed by atoms with van der Waals surface area (Å²) in [5, 5.41) is 3.44. The number of thioether (sulfide) groups is 1. The molecule has 5 rings (SSSR count). The lowest BCUT2D eigenvalue weighted by Crippen LogP contribution is -2.23. The quantitative estimate of drug-likeness (QED) is 0.192. The Morgan fingerprint density at radius 2 is 1.79 bits per heavy atom. The zero-order valence-corrected chi connectivity index (χ0v) is 25.1. The van der Waals surface area contributed by atoms with Crippen LogP contribution in [0.3, 0.4) is 0 Å². The van der Waals surface area contributed by atoms with E-state index in [1.54, 1.807) is 20.2 Å². The minimum absolute atomic E-state index is 0.140. The van der Waals surface area contributed by atoms with E-state index in [1.165, 1.54) is 22.0 Å². The molecule has 192 valence electrons. The molecule has 1 aliphatic rings. The van der Waals surface area contributed by atoms with E-state index < -0.39 is 0 Å². The van der Waals surface area contributed by atoms with Crippen molar-refractivity contribution in [1.29, 1.82) is 0 Å². The van der Waals surface area contributed by atoms with Crippen molar-refractivity contribution in [2.75, 3.05) is 14.2 Å². The van der Waals surface area contributed by atoms with Gasteiger partial charge in [0, 0.05) is 16.0 Å². The second-order valence-corrected chi connectivity index (χ2v) is 11.5. The number of hydrogen-bond acceptors (Lipinski definition) is 5. The van der Waals surface area contributed by atoms with Crippen LogP contribution < -0.4 is 9.47 Å². The van der Waals surface area contributed by atoms with Crippen LogP contribution in [-0.4, -0.2) is 30.1 Å². The topological polar surface area (TPSA) is 51.1 Å². The monoisotopic (exact) mass is 670 g/mol. The summed E-state index contributed by atoms with van der Waals surface area (Å²) >= 11 is 14.5. The number of halogens is 3. The summed E-state index contributed by atoms with van der Waals surface area (Å²) in [6, 6.07) is 23.5. The SMILES string of the molecule is COc1cc(/C=C2/SC(=Nc3ccc(Br)c(Cl)c3)N(C)C2=O)c(Br)cc1OCc1cccc2ccccc12. The van der Waals surface area contributed by atoms with E-state index >= 15 is 0 Å². The first-order valence-corrected chi connectivity index (χ1v) is 14.3. The van der Waals surface area contributed by atoms with Crippen LogP contribution in [0, 0.1) is 0 Å². The standard InChI is InChI=1S/C29H21Br2ClN2O3S/c1-34-28(35)27(38-29(34)33-20-10-11-22(30)24(32)14-20)13-19-12-25(36-2)26(15-23(19)31)37-16-18-8-5-7-17-6-3-4-9-21(17)18/h3-15H,16H2,1-2H3/b27-13+,33-29?. The Morgan fingerprint density at radius 1 is 1.00 bits per heavy atom. The lowest BCUT2D eigenvalue weighted by molar-refractivity contribution is -0.121. The predicted molar refractivity (Wildman–Crippen MR) is 164 cm³/mol. The average Bonchev–Trinajstić information content (AvgIpc) is 3.18. The van der Waals surface area contributed by atoms with Crippen LogP contribution in [0.15, 0.2) is 91.6 Å². The lowest BCUT2D eigenvalue weighted by atomic mass is 10.1. The highest BCUT2D eigenvalue weighted by Crippen LogP contribution is 2.39. The van der Waals surface area contributed by atoms with Gasteiger partial charge in [-0.3, -0.25) is 9.69 Å². The molecule has 0 radical (unpaired) electrons. The van der Waals surface area contributed by atoms with Crippen LogP contribution in [0.5, 0.6) is 11.5 Å². The van der Waals surface area contributed by atoms with E-state index in [2.05, 4.69) is 61.1 Å². The van der Waals surface area contributed by atoms with Crippen LogP contribution in [-0.2, 0) is 11.4 Å². The average molecular weight is 673 g/mol. The van der Waals surface area contributed by atoms with Gasteiger partial charge in [-0.2, -0.15) is 0 Å². The summed E-state index contributed by atoms with van der Waals surface area (Å²) in [5.41, 5.74) is 2.54. The largest absolute Gasteiger partial charge is 0.493 e. The van der Waals surface area contributed by atoms with Gasteiger partial charge in [0.1, 0.15) is 6.61 Å². The highest BCUT2D eigenvalue weighted by molar-refractivity contribution is 9.10. The van der Waals surface area contributed by atoms with Gasteiger partial charge < -0.3 is 9.47 Å². The maximum Gasteiger partial charge on any atom is 0.266 e. The first kappa shape index (κ1) is 26.8. The third kappa shape index (κ3) is 5.64. The van der Waals surface area contributed by atoms with Crippen molar-refractivity contribution in [1.82, 2.24) is 4.90 Å². The molecule has 1 saturated heterocycles. The van der Waals surface area contributed by atoms with Gasteiger partial charge in [-0.15, -0.1) is 0 Å². The maximum absolute atomic E-state index is 13.0. The number of fused-ring (bicyclic) bond motifs is 1. The van der Waals surface area contributed by atoms with Crippen molar-refractivity contribution >= 4 is 88.8 Å². The molecule has 9 heteroatoms. The smallest absolute Gasteiger partial charge is 0.266 e. The van der Waals surface area contributed by atoms with E-state index in [1.807, 2.05) is 48.5 Å². The highest BCUT2D eigenvalue weighted by Gasteiger charge is 2.30. The summed E-state index contributed by atoms with van der Waals surface area (Å²) in [6.07, 6.45) is 1.82. The summed E-state index contributed by atoms with van der Waals surface area (Å²) in [4.78, 5) is 19.7. The molecule has 0 aliphatic carbocycles. The predicted octanol–water partition coefficient (Wildman–Crippen LogP) is 8.84. The van der Waals surface area contributed by atoms with Crippen molar-refractivity contribution in [3.63, 3.8) is 0 Å². The van der Waals surface area contributed by atoms with Gasteiger partial charge in [-0.25, -0.2) is 4.99 Å². The summed E-state index contributed by atoms with van der Waals surface area (Å²) < 4.78 is 13.4. The van der Waals surface area contributed by atoms with Gasteiger partial charge in [0.2, 0.25) is 0 Å². The highest BCUT2D eigenvalue weighted by atomic mass is 79.9. The molecular formula is C29H21Br2ClN2O3S. The fourth-order valence-electron chi connectivity index (χ4n) is 3.97. The molecule has 0 saturated carbocycles. The third-order valence-electron chi connectivity index (χ3n) is 5.96. The summed E-state index contributed by atoms with van der Waals surface area (Å²) in [7, 11) is 3.30. The molecule has 0 atom stereocenters. The van der Waals surface area contributed by atoms with Crippen LogP contribution in [0.2, 0.25) is 5.02 Å². The lowest BCUT2D eigenvalue weighted by Gasteiger charge is -2.14. The van der Waals surface area contributed by atoms with Gasteiger partial charge >= 0.3 is 0 Å². The van der Waals surface area contributed by atoms with Gasteiger partial charge in [0.25, 0.3) is 5.91 Å². The number of amides is 1. The molecule has 5 nitrogen and oxygen atoms in total. The molecule has 0 spiro atoms. The first-order chi connectivity index (χ1) is 18.3. The Bertz CT molecular complexity index is 1620. The van der Waals surface area contributed by atoms with Crippen LogP contribution in [0.4, 0.5) is 5.69 Å². The molecule has 1 amide bonds. The van der Waals surface area contributed by atoms with Gasteiger partial charge in [0.15, 0.2) is 16.7 Å². The van der Waals surface area contributed by atoms with Crippen molar-refractivity contribution in [2.45, 2.75) is 6.61 Å². The Kier molecular flexibility index (Phi) is 8.14. The number of nitrogens with zero attached hydrogens (tertiary/aromatic N) is 2. The van der Waals surface area contributed by atoms with Crippen LogP contribution in [0.25, 0.3) is 16.8 Å². The fourth-order valence-corrected chi connectivity index (χ4v) is 5.80. The molecule has 4 aromatic rings. The molecule has 4 aromatic carbocycles. The molecular weight excluding hydrogens is 652 g/mol. The molecule has 0 N–H and O–H groups in total. The normalized spacial score (nSPS) is 15.6. The zero-order valence-electron chi connectivity index (χ0n) is 20.4. The Hall–Kier alpha value is -2.78. The zero-order chi connectivity index (χ0) is 26.8. The minimum Gasteiger partial charge on any atom is -0.493 e. The number of ether oxygens (including phenoxy) is 2. The third-order valence-corrected chi connectivity index (χ3v) is 8.94. The number of rotatable bonds is 6. The second kappa shape index (κ2) is 11.5. The number of carbonyl (C=O) groups excluding carboxylic acids is 1. The van der Waals surface area contributed by atoms with E-state index in [0.717, 1.165) is 25.5 Å². The minimum atomic E-state index is -0.140. The number of likely N-dealkylation sites (N-methyl/N-ethyl adjacent to an activating group) is 1. The summed E-state index contributed by atoms with van der Waals surface area (Å²) in [5.74, 6) is 1.04. The fraction of sp³-hybridized carbons (Fsp3) is 0.103. The van der Waals surface area contributed by atoms with Crippen molar-refractivity contribution < 1.29 is 14.3 Å². The van der Waals surface area contributed by atoms with E-state index in [4.69, 9.17) is 21.1 Å². The maximum atomic E-state index is 13.0. The van der Waals surface area contributed by atoms with Gasteiger partial charge in [0.05, 0.1) is 22.7 Å². The number of methoxy groups -OCH3 is 1. The Labute approximate surface area is 246 Å². The van der Waals surface area contributed by atoms with Crippen LogP contribution >= 0.6 is 55.2 Å². The Balaban J connectivity index is 1.39. The molecule has 38 heavy (non-hydrogen) atoms. The number of carbonyl (C=O) groups is 1. The van der Waals surface area contributed by atoms with Gasteiger partial charge in [-0.1, -0.05) is 70.0 Å². The number of benzene rings is 4. The van der Waals surface area contributed by atoms with Gasteiger partial charge in [-0.05, 0) is 86.0 Å². The molecule has 0 aromatic heterocycles. The molecule has 0 unspecified atom stereocenters. The molecule has 0 bridgehead atoms. The Morgan fingerprint density at radius 3 is 2.58 bits per heavy atom. The second-order valence-electron chi connectivity index (χ2n) is 8.42. The molecule has 1 heterocycles. The number of hydrogen-bond donors (Lipinski definition) is 0. The summed E-state index contributed by atoms with van der Waals surface area (Å²) in [6.45, 7) is 0.392. The van der Waals surface area contributed by atoms with E-state index in [9.17, 15) is 4.79 Å². The van der Waals surface area contributed by atoms with Crippen molar-refractivity contribution in [3.05, 3.63) is 103 Å². The van der Waals surface area contributed by atoms with E-state index in [0.29, 0.717) is 38.9 Å². The molecule has 1 aliphatic heterocycles. The molecule has 1 fully saturated rings. The number of aliphatic imine (C=N–C) groups is 1. The van der Waals surface area contributed by atoms with Crippen LogP contribution in [0.1, 0.15) is 11.1 Å². The van der Waals surface area contributed by atoms with Crippen molar-refractivity contribution in [3.8, 4) is 11.5 Å². The van der Waals surface area contributed by atoms with E-state index in [-0.39, 0.29) is 5.91 Å². The number of amidine groups is 1. The first-order valence-electron chi connectivity index (χ1n) is 11.5.